The maximum Gasteiger partial charge on any atom is 0.132 e. The van der Waals surface area contributed by atoms with Crippen LogP contribution in [0.2, 0.25) is 0 Å². The minimum absolute atomic E-state index is 0.388. The van der Waals surface area contributed by atoms with Crippen LogP contribution in [0.3, 0.4) is 0 Å². The molecule has 1 atom stereocenters. The van der Waals surface area contributed by atoms with Crippen LogP contribution in [0, 0.1) is 0 Å². The van der Waals surface area contributed by atoms with Crippen molar-refractivity contribution in [2.75, 3.05) is 31.2 Å². The number of nitrogens with one attached hydrogen (secondary N) is 1. The first-order valence-electron chi connectivity index (χ1n) is 6.27. The second-order valence-corrected chi connectivity index (χ2v) is 4.67. The molecule has 0 aromatic carbocycles. The SMILES string of the molecule is c1cc(N2CCOCC2CNC2CC2)ncn1. The number of hydrogen-bond acceptors (Lipinski definition) is 5. The molecular weight excluding hydrogens is 216 g/mol. The predicted octanol–water partition coefficient (Wildman–Crippen LogP) is 0.434. The molecule has 92 valence electrons. The Hall–Kier alpha value is -1.20. The molecule has 1 saturated heterocycles. The van der Waals surface area contributed by atoms with E-state index in [1.807, 2.05) is 6.07 Å². The lowest BCUT2D eigenvalue weighted by molar-refractivity contribution is 0.0932. The molecule has 3 rings (SSSR count). The molecule has 0 bridgehead atoms. The Labute approximate surface area is 101 Å². The normalized spacial score (nSPS) is 24.9. The van der Waals surface area contributed by atoms with Gasteiger partial charge in [-0.2, -0.15) is 0 Å². The summed E-state index contributed by atoms with van der Waals surface area (Å²) >= 11 is 0. The molecule has 0 radical (unpaired) electrons. The Kier molecular flexibility index (Phi) is 3.20. The van der Waals surface area contributed by atoms with Gasteiger partial charge in [0.1, 0.15) is 12.1 Å². The fraction of sp³-hybridized carbons (Fsp3) is 0.667. The Morgan fingerprint density at radius 3 is 3.18 bits per heavy atom. The van der Waals surface area contributed by atoms with Crippen LogP contribution in [0.5, 0.6) is 0 Å². The van der Waals surface area contributed by atoms with E-state index in [4.69, 9.17) is 4.74 Å². The summed E-state index contributed by atoms with van der Waals surface area (Å²) in [5.74, 6) is 1.01. The third-order valence-electron chi connectivity index (χ3n) is 3.31. The molecule has 5 heteroatoms. The van der Waals surface area contributed by atoms with Gasteiger partial charge in [-0.25, -0.2) is 9.97 Å². The highest BCUT2D eigenvalue weighted by Crippen LogP contribution is 2.20. The van der Waals surface area contributed by atoms with Gasteiger partial charge in [-0.1, -0.05) is 0 Å². The minimum atomic E-state index is 0.388. The average molecular weight is 234 g/mol. The van der Waals surface area contributed by atoms with Crippen LogP contribution in [0.15, 0.2) is 18.6 Å². The smallest absolute Gasteiger partial charge is 0.132 e. The van der Waals surface area contributed by atoms with Crippen LogP contribution < -0.4 is 10.2 Å². The molecule has 1 saturated carbocycles. The zero-order valence-corrected chi connectivity index (χ0v) is 9.88. The third kappa shape index (κ3) is 2.73. The quantitative estimate of drug-likeness (QED) is 0.819. The Morgan fingerprint density at radius 2 is 2.41 bits per heavy atom. The summed E-state index contributed by atoms with van der Waals surface area (Å²) in [6.07, 6.45) is 6.04. The van der Waals surface area contributed by atoms with E-state index >= 15 is 0 Å². The largest absolute Gasteiger partial charge is 0.377 e. The van der Waals surface area contributed by atoms with Crippen molar-refractivity contribution in [1.82, 2.24) is 15.3 Å². The molecule has 1 N–H and O–H groups in total. The van der Waals surface area contributed by atoms with Crippen molar-refractivity contribution in [3.8, 4) is 0 Å². The molecular formula is C12H18N4O. The molecule has 2 fully saturated rings. The highest BCUT2D eigenvalue weighted by Gasteiger charge is 2.27. The highest BCUT2D eigenvalue weighted by atomic mass is 16.5. The molecule has 0 spiro atoms. The van der Waals surface area contributed by atoms with Gasteiger partial charge in [0.05, 0.1) is 19.3 Å². The zero-order valence-electron chi connectivity index (χ0n) is 9.88. The monoisotopic (exact) mass is 234 g/mol. The van der Waals surface area contributed by atoms with Gasteiger partial charge in [0, 0.05) is 25.3 Å². The van der Waals surface area contributed by atoms with Crippen LogP contribution in [0.25, 0.3) is 0 Å². The molecule has 1 aromatic heterocycles. The summed E-state index contributed by atoms with van der Waals surface area (Å²) in [6, 6.07) is 3.10. The van der Waals surface area contributed by atoms with E-state index in [0.29, 0.717) is 6.04 Å². The summed E-state index contributed by atoms with van der Waals surface area (Å²) in [5, 5.41) is 3.56. The summed E-state index contributed by atoms with van der Waals surface area (Å²) in [4.78, 5) is 10.6. The Balaban J connectivity index is 1.66. The van der Waals surface area contributed by atoms with Crippen LogP contribution >= 0.6 is 0 Å². The summed E-state index contributed by atoms with van der Waals surface area (Å²) in [5.41, 5.74) is 0. The van der Waals surface area contributed by atoms with Crippen molar-refractivity contribution in [2.24, 2.45) is 0 Å². The van der Waals surface area contributed by atoms with Crippen molar-refractivity contribution in [3.63, 3.8) is 0 Å². The van der Waals surface area contributed by atoms with Crippen LogP contribution in [-0.2, 0) is 4.74 Å². The predicted molar refractivity (Wildman–Crippen MR) is 65.0 cm³/mol. The van der Waals surface area contributed by atoms with Crippen LogP contribution in [-0.4, -0.2) is 48.4 Å². The number of nitrogens with zero attached hydrogens (tertiary/aromatic N) is 3. The molecule has 1 unspecified atom stereocenters. The second kappa shape index (κ2) is 4.98. The van der Waals surface area contributed by atoms with Crippen molar-refractivity contribution in [2.45, 2.75) is 24.9 Å². The van der Waals surface area contributed by atoms with Crippen LogP contribution in [0.4, 0.5) is 5.82 Å². The van der Waals surface area contributed by atoms with Gasteiger partial charge < -0.3 is 15.0 Å². The van der Waals surface area contributed by atoms with E-state index in [1.54, 1.807) is 12.5 Å². The molecule has 17 heavy (non-hydrogen) atoms. The molecule has 0 amide bonds. The average Bonchev–Trinajstić information content (AvgIpc) is 3.22. The maximum atomic E-state index is 5.56. The fourth-order valence-electron chi connectivity index (χ4n) is 2.17. The third-order valence-corrected chi connectivity index (χ3v) is 3.31. The lowest BCUT2D eigenvalue weighted by atomic mass is 10.2. The highest BCUT2D eigenvalue weighted by molar-refractivity contribution is 5.38. The van der Waals surface area contributed by atoms with Crippen LogP contribution in [0.1, 0.15) is 12.8 Å². The van der Waals surface area contributed by atoms with Gasteiger partial charge >= 0.3 is 0 Å². The standard InChI is InChI=1S/C12H18N4O/c1-2-10(1)14-7-11-8-17-6-5-16(11)12-3-4-13-9-15-12/h3-4,9-11,14H,1-2,5-8H2. The molecule has 5 nitrogen and oxygen atoms in total. The first-order valence-corrected chi connectivity index (χ1v) is 6.27. The summed E-state index contributed by atoms with van der Waals surface area (Å²) < 4.78 is 5.56. The number of rotatable bonds is 4. The summed E-state index contributed by atoms with van der Waals surface area (Å²) in [7, 11) is 0. The summed E-state index contributed by atoms with van der Waals surface area (Å²) in [6.45, 7) is 3.45. The van der Waals surface area contributed by atoms with Gasteiger partial charge in [0.15, 0.2) is 0 Å². The molecule has 1 aromatic rings. The number of anilines is 1. The van der Waals surface area contributed by atoms with Crippen molar-refractivity contribution < 1.29 is 4.74 Å². The number of morpholine rings is 1. The van der Waals surface area contributed by atoms with E-state index in [-0.39, 0.29) is 0 Å². The minimum Gasteiger partial charge on any atom is -0.377 e. The lowest BCUT2D eigenvalue weighted by Gasteiger charge is -2.36. The lowest BCUT2D eigenvalue weighted by Crippen LogP contribution is -2.51. The first kappa shape index (κ1) is 10.9. The molecule has 2 heterocycles. The first-order chi connectivity index (χ1) is 8.43. The fourth-order valence-corrected chi connectivity index (χ4v) is 2.17. The van der Waals surface area contributed by atoms with Crippen molar-refractivity contribution >= 4 is 5.82 Å². The van der Waals surface area contributed by atoms with Gasteiger partial charge in [0.25, 0.3) is 0 Å². The molecule has 1 aliphatic heterocycles. The van der Waals surface area contributed by atoms with E-state index in [1.165, 1.54) is 12.8 Å². The zero-order chi connectivity index (χ0) is 11.5. The van der Waals surface area contributed by atoms with Gasteiger partial charge in [0.2, 0.25) is 0 Å². The number of aromatic nitrogens is 2. The molecule has 1 aliphatic carbocycles. The topological polar surface area (TPSA) is 50.3 Å². The van der Waals surface area contributed by atoms with Gasteiger partial charge in [-0.3, -0.25) is 0 Å². The van der Waals surface area contributed by atoms with E-state index in [0.717, 1.165) is 38.2 Å². The van der Waals surface area contributed by atoms with Crippen molar-refractivity contribution in [1.29, 1.82) is 0 Å². The number of hydrogen-bond donors (Lipinski definition) is 1. The Morgan fingerprint density at radius 1 is 1.47 bits per heavy atom. The van der Waals surface area contributed by atoms with Gasteiger partial charge in [-0.05, 0) is 18.9 Å². The Bertz CT molecular complexity index is 355. The number of ether oxygens (including phenoxy) is 1. The van der Waals surface area contributed by atoms with E-state index in [2.05, 4.69) is 20.2 Å². The van der Waals surface area contributed by atoms with Gasteiger partial charge in [-0.15, -0.1) is 0 Å². The van der Waals surface area contributed by atoms with Crippen molar-refractivity contribution in [3.05, 3.63) is 18.6 Å². The van der Waals surface area contributed by atoms with E-state index < -0.39 is 0 Å². The molecule has 2 aliphatic rings. The maximum absolute atomic E-state index is 5.56. The second-order valence-electron chi connectivity index (χ2n) is 4.67. The van der Waals surface area contributed by atoms with E-state index in [9.17, 15) is 0 Å².